The number of carboxylic acid groups (broad SMARTS) is 1. The Labute approximate surface area is 125 Å². The molecule has 5 nitrogen and oxygen atoms in total. The summed E-state index contributed by atoms with van der Waals surface area (Å²) in [4.78, 5) is 13.2. The molecule has 116 valence electrons. The Hall–Kier alpha value is -1.40. The van der Waals surface area contributed by atoms with Crippen molar-refractivity contribution < 1.29 is 18.3 Å². The van der Waals surface area contributed by atoms with Crippen LogP contribution in [0.3, 0.4) is 0 Å². The van der Waals surface area contributed by atoms with Crippen LogP contribution in [0.5, 0.6) is 0 Å². The van der Waals surface area contributed by atoms with Crippen LogP contribution < -0.4 is 0 Å². The molecule has 1 N–H and O–H groups in total. The first kappa shape index (κ1) is 16.0. The maximum atomic E-state index is 11.4. The van der Waals surface area contributed by atoms with Gasteiger partial charge in [0, 0.05) is 19.3 Å². The summed E-state index contributed by atoms with van der Waals surface area (Å²) in [6.45, 7) is 2.35. The summed E-state index contributed by atoms with van der Waals surface area (Å²) in [5.74, 6) is -0.513. The molecule has 6 heteroatoms. The van der Waals surface area contributed by atoms with Gasteiger partial charge in [0.1, 0.15) is 9.84 Å². The van der Waals surface area contributed by atoms with E-state index < -0.39 is 15.8 Å². The molecule has 1 atom stereocenters. The standard InChI is InChI=1S/C15H21NO4S/c1-21(19,20)11-13-5-3-7-16(10-13)9-12-4-2-6-14(8-12)15(17)18/h2,4,6,8,13H,3,5,7,9-11H2,1H3,(H,17,18)/t13-/m1/s1. The monoisotopic (exact) mass is 311 g/mol. The molecule has 1 aromatic rings. The number of benzene rings is 1. The van der Waals surface area contributed by atoms with Crippen molar-refractivity contribution in [1.29, 1.82) is 0 Å². The van der Waals surface area contributed by atoms with Gasteiger partial charge in [-0.15, -0.1) is 0 Å². The number of likely N-dealkylation sites (tertiary alicyclic amines) is 1. The number of hydrogen-bond acceptors (Lipinski definition) is 4. The molecular weight excluding hydrogens is 290 g/mol. The summed E-state index contributed by atoms with van der Waals surface area (Å²) < 4.78 is 22.8. The van der Waals surface area contributed by atoms with E-state index in [2.05, 4.69) is 4.90 Å². The molecule has 2 rings (SSSR count). The molecule has 0 aliphatic carbocycles. The van der Waals surface area contributed by atoms with Crippen LogP contribution in [0.4, 0.5) is 0 Å². The molecule has 1 fully saturated rings. The van der Waals surface area contributed by atoms with Crippen LogP contribution in [0.2, 0.25) is 0 Å². The third-order valence-corrected chi connectivity index (χ3v) is 4.80. The Morgan fingerprint density at radius 1 is 1.43 bits per heavy atom. The zero-order valence-corrected chi connectivity index (χ0v) is 13.0. The lowest BCUT2D eigenvalue weighted by molar-refractivity contribution is 0.0696. The Bertz CT molecular complexity index is 612. The third-order valence-electron chi connectivity index (χ3n) is 3.72. The lowest BCUT2D eigenvalue weighted by Crippen LogP contribution is -2.37. The first-order valence-corrected chi connectivity index (χ1v) is 9.12. The van der Waals surface area contributed by atoms with E-state index in [9.17, 15) is 13.2 Å². The topological polar surface area (TPSA) is 74.7 Å². The molecule has 21 heavy (non-hydrogen) atoms. The van der Waals surface area contributed by atoms with E-state index in [1.165, 1.54) is 6.26 Å². The highest BCUT2D eigenvalue weighted by Gasteiger charge is 2.23. The Kier molecular flexibility index (Phi) is 5.00. The van der Waals surface area contributed by atoms with Crippen molar-refractivity contribution in [2.24, 2.45) is 5.92 Å². The van der Waals surface area contributed by atoms with Gasteiger partial charge in [-0.05, 0) is 43.0 Å². The van der Waals surface area contributed by atoms with Crippen molar-refractivity contribution in [1.82, 2.24) is 4.90 Å². The van der Waals surface area contributed by atoms with Crippen LogP contribution in [-0.4, -0.2) is 49.5 Å². The van der Waals surface area contributed by atoms with Gasteiger partial charge in [0.15, 0.2) is 0 Å². The van der Waals surface area contributed by atoms with Gasteiger partial charge in [0.25, 0.3) is 0 Å². The third kappa shape index (κ3) is 5.13. The average Bonchev–Trinajstić information content (AvgIpc) is 2.37. The van der Waals surface area contributed by atoms with Crippen molar-refractivity contribution in [2.75, 3.05) is 25.1 Å². The second-order valence-electron chi connectivity index (χ2n) is 5.84. The Balaban J connectivity index is 1.99. The van der Waals surface area contributed by atoms with E-state index in [1.54, 1.807) is 18.2 Å². The molecule has 0 spiro atoms. The van der Waals surface area contributed by atoms with Gasteiger partial charge in [-0.1, -0.05) is 12.1 Å². The predicted molar refractivity (Wildman–Crippen MR) is 81.1 cm³/mol. The zero-order valence-electron chi connectivity index (χ0n) is 12.2. The Morgan fingerprint density at radius 3 is 2.86 bits per heavy atom. The van der Waals surface area contributed by atoms with Crippen LogP contribution in [0, 0.1) is 5.92 Å². The van der Waals surface area contributed by atoms with Gasteiger partial charge in [-0.25, -0.2) is 13.2 Å². The van der Waals surface area contributed by atoms with E-state index in [-0.39, 0.29) is 17.2 Å². The maximum Gasteiger partial charge on any atom is 0.335 e. The quantitative estimate of drug-likeness (QED) is 0.895. The first-order valence-electron chi connectivity index (χ1n) is 7.06. The van der Waals surface area contributed by atoms with Crippen molar-refractivity contribution in [2.45, 2.75) is 19.4 Å². The van der Waals surface area contributed by atoms with E-state index in [4.69, 9.17) is 5.11 Å². The molecule has 0 saturated carbocycles. The summed E-state index contributed by atoms with van der Waals surface area (Å²) in [6.07, 6.45) is 3.21. The molecule has 1 aliphatic rings. The van der Waals surface area contributed by atoms with Gasteiger partial charge >= 0.3 is 5.97 Å². The normalized spacial score (nSPS) is 20.3. The molecule has 1 aliphatic heterocycles. The van der Waals surface area contributed by atoms with Crippen LogP contribution in [-0.2, 0) is 16.4 Å². The van der Waals surface area contributed by atoms with Gasteiger partial charge in [0.05, 0.1) is 11.3 Å². The van der Waals surface area contributed by atoms with E-state index in [1.807, 2.05) is 6.07 Å². The fourth-order valence-electron chi connectivity index (χ4n) is 2.92. The molecule has 0 unspecified atom stereocenters. The molecule has 0 bridgehead atoms. The maximum absolute atomic E-state index is 11.4. The minimum atomic E-state index is -2.94. The molecule has 0 radical (unpaired) electrons. The number of rotatable bonds is 5. The van der Waals surface area contributed by atoms with Crippen LogP contribution in [0.1, 0.15) is 28.8 Å². The second-order valence-corrected chi connectivity index (χ2v) is 8.03. The van der Waals surface area contributed by atoms with Crippen LogP contribution in [0.25, 0.3) is 0 Å². The SMILES string of the molecule is CS(=O)(=O)C[C@@H]1CCCN(Cc2cccc(C(=O)O)c2)C1. The molecule has 1 heterocycles. The van der Waals surface area contributed by atoms with Crippen molar-refractivity contribution in [3.63, 3.8) is 0 Å². The second kappa shape index (κ2) is 6.58. The zero-order chi connectivity index (χ0) is 15.5. The van der Waals surface area contributed by atoms with Gasteiger partial charge in [-0.3, -0.25) is 4.90 Å². The lowest BCUT2D eigenvalue weighted by Gasteiger charge is -2.32. The molecule has 1 saturated heterocycles. The summed E-state index contributed by atoms with van der Waals surface area (Å²) in [7, 11) is -2.94. The minimum absolute atomic E-state index is 0.177. The minimum Gasteiger partial charge on any atom is -0.478 e. The van der Waals surface area contributed by atoms with Crippen molar-refractivity contribution >= 4 is 15.8 Å². The molecule has 0 amide bonds. The molecule has 0 aromatic heterocycles. The lowest BCUT2D eigenvalue weighted by atomic mass is 9.99. The predicted octanol–water partition coefficient (Wildman–Crippen LogP) is 1.64. The first-order chi connectivity index (χ1) is 9.83. The van der Waals surface area contributed by atoms with E-state index in [0.717, 1.165) is 31.5 Å². The number of piperidine rings is 1. The van der Waals surface area contributed by atoms with E-state index in [0.29, 0.717) is 6.54 Å². The summed E-state index contributed by atoms with van der Waals surface area (Å²) in [5, 5.41) is 9.00. The fourth-order valence-corrected chi connectivity index (χ4v) is 4.05. The molecular formula is C15H21NO4S. The number of carbonyl (C=O) groups is 1. The smallest absolute Gasteiger partial charge is 0.335 e. The number of hydrogen-bond donors (Lipinski definition) is 1. The highest BCUT2D eigenvalue weighted by molar-refractivity contribution is 7.90. The van der Waals surface area contributed by atoms with Gasteiger partial charge in [0.2, 0.25) is 0 Å². The summed E-state index contributed by atoms with van der Waals surface area (Å²) >= 11 is 0. The van der Waals surface area contributed by atoms with Crippen molar-refractivity contribution in [3.05, 3.63) is 35.4 Å². The van der Waals surface area contributed by atoms with Crippen LogP contribution >= 0.6 is 0 Å². The van der Waals surface area contributed by atoms with Crippen LogP contribution in [0.15, 0.2) is 24.3 Å². The van der Waals surface area contributed by atoms with Gasteiger partial charge in [-0.2, -0.15) is 0 Å². The highest BCUT2D eigenvalue weighted by Crippen LogP contribution is 2.20. The fraction of sp³-hybridized carbons (Fsp3) is 0.533. The van der Waals surface area contributed by atoms with E-state index >= 15 is 0 Å². The average molecular weight is 311 g/mol. The van der Waals surface area contributed by atoms with Crippen molar-refractivity contribution in [3.8, 4) is 0 Å². The Morgan fingerprint density at radius 2 is 2.19 bits per heavy atom. The number of nitrogens with zero attached hydrogens (tertiary/aromatic N) is 1. The summed E-state index contributed by atoms with van der Waals surface area (Å²) in [5.41, 5.74) is 1.24. The van der Waals surface area contributed by atoms with Gasteiger partial charge < -0.3 is 5.11 Å². The number of sulfone groups is 1. The number of carboxylic acids is 1. The number of aromatic carboxylic acids is 1. The molecule has 1 aromatic carbocycles. The largest absolute Gasteiger partial charge is 0.478 e. The highest BCUT2D eigenvalue weighted by atomic mass is 32.2. The summed E-state index contributed by atoms with van der Waals surface area (Å²) in [6, 6.07) is 6.92.